The van der Waals surface area contributed by atoms with Crippen LogP contribution in [0.2, 0.25) is 10.0 Å². The maximum absolute atomic E-state index is 14.2. The van der Waals surface area contributed by atoms with Gasteiger partial charge in [0.1, 0.15) is 11.6 Å². The third-order valence-electron chi connectivity index (χ3n) is 4.93. The van der Waals surface area contributed by atoms with Crippen LogP contribution in [0.1, 0.15) is 23.5 Å². The van der Waals surface area contributed by atoms with Gasteiger partial charge in [0.05, 0.1) is 33.3 Å². The molecule has 1 N–H and O–H groups in total. The van der Waals surface area contributed by atoms with Crippen LogP contribution in [0, 0.1) is 5.82 Å². The average Bonchev–Trinajstić information content (AvgIpc) is 3.09. The molecule has 0 fully saturated rings. The van der Waals surface area contributed by atoms with E-state index >= 15 is 0 Å². The zero-order chi connectivity index (χ0) is 21.8. The number of pyridine rings is 1. The van der Waals surface area contributed by atoms with Gasteiger partial charge >= 0.3 is 0 Å². The van der Waals surface area contributed by atoms with E-state index in [1.54, 1.807) is 36.5 Å². The molecule has 158 valence electrons. The van der Waals surface area contributed by atoms with Gasteiger partial charge in [0, 0.05) is 25.6 Å². The number of carbonyl (C=O) groups is 1. The predicted molar refractivity (Wildman–Crippen MR) is 120 cm³/mol. The first-order valence-electron chi connectivity index (χ1n) is 9.75. The average molecular weight is 457 g/mol. The number of halogens is 3. The molecule has 0 bridgehead atoms. The first-order chi connectivity index (χ1) is 15.0. The quantitative estimate of drug-likeness (QED) is 0.416. The van der Waals surface area contributed by atoms with Crippen LogP contribution >= 0.6 is 23.2 Å². The summed E-state index contributed by atoms with van der Waals surface area (Å²) in [6.45, 7) is 0.722. The molecule has 8 heteroatoms. The van der Waals surface area contributed by atoms with Crippen LogP contribution in [0.4, 0.5) is 4.39 Å². The lowest BCUT2D eigenvalue weighted by molar-refractivity contribution is -0.121. The highest BCUT2D eigenvalue weighted by atomic mass is 35.5. The number of nitrogens with one attached hydrogen (secondary N) is 1. The predicted octanol–water partition coefficient (Wildman–Crippen LogP) is 5.17. The van der Waals surface area contributed by atoms with Gasteiger partial charge in [0.15, 0.2) is 0 Å². The van der Waals surface area contributed by atoms with Gasteiger partial charge in [-0.25, -0.2) is 9.37 Å². The second kappa shape index (κ2) is 9.45. The zero-order valence-electron chi connectivity index (χ0n) is 16.5. The highest BCUT2D eigenvalue weighted by Crippen LogP contribution is 2.29. The zero-order valence-corrected chi connectivity index (χ0v) is 18.0. The molecule has 4 rings (SSSR count). The molecule has 2 aromatic carbocycles. The maximum Gasteiger partial charge on any atom is 0.222 e. The third-order valence-corrected chi connectivity index (χ3v) is 5.65. The summed E-state index contributed by atoms with van der Waals surface area (Å²) in [6.07, 6.45) is 2.19. The Kier molecular flexibility index (Phi) is 6.49. The Morgan fingerprint density at radius 2 is 1.84 bits per heavy atom. The summed E-state index contributed by atoms with van der Waals surface area (Å²) < 4.78 is 16.1. The van der Waals surface area contributed by atoms with E-state index in [2.05, 4.69) is 15.3 Å². The Labute approximate surface area is 188 Å². The number of rotatable bonds is 7. The maximum atomic E-state index is 14.2. The SMILES string of the molecule is O=C(CCn1c(Cc2ccccc2F)nc2cc(Cl)c(Cl)cc21)NCc1ccccn1. The monoisotopic (exact) mass is 456 g/mol. The van der Waals surface area contributed by atoms with Gasteiger partial charge < -0.3 is 9.88 Å². The Bertz CT molecular complexity index is 1230. The van der Waals surface area contributed by atoms with Gasteiger partial charge in [-0.3, -0.25) is 9.78 Å². The Morgan fingerprint density at radius 1 is 1.06 bits per heavy atom. The van der Waals surface area contributed by atoms with Gasteiger partial charge in [0.25, 0.3) is 0 Å². The number of aromatic nitrogens is 3. The third kappa shape index (κ3) is 5.03. The molecule has 0 aliphatic rings. The summed E-state index contributed by atoms with van der Waals surface area (Å²) in [4.78, 5) is 21.2. The Balaban J connectivity index is 1.56. The van der Waals surface area contributed by atoms with Crippen LogP contribution < -0.4 is 5.32 Å². The van der Waals surface area contributed by atoms with E-state index in [4.69, 9.17) is 23.2 Å². The number of benzene rings is 2. The van der Waals surface area contributed by atoms with Gasteiger partial charge in [-0.15, -0.1) is 0 Å². The minimum atomic E-state index is -0.301. The molecule has 0 aliphatic carbocycles. The number of amides is 1. The molecular formula is C23H19Cl2FN4O. The minimum absolute atomic E-state index is 0.121. The molecule has 0 saturated heterocycles. The van der Waals surface area contributed by atoms with Crippen LogP contribution in [0.5, 0.6) is 0 Å². The molecule has 4 aromatic rings. The summed E-state index contributed by atoms with van der Waals surface area (Å²) in [5.41, 5.74) is 2.70. The number of hydrogen-bond acceptors (Lipinski definition) is 3. The second-order valence-corrected chi connectivity index (χ2v) is 7.87. The molecule has 0 saturated carbocycles. The van der Waals surface area contributed by atoms with Crippen molar-refractivity contribution in [2.75, 3.05) is 0 Å². The molecule has 0 unspecified atom stereocenters. The van der Waals surface area contributed by atoms with Crippen LogP contribution in [0.15, 0.2) is 60.8 Å². The van der Waals surface area contributed by atoms with Crippen molar-refractivity contribution in [3.63, 3.8) is 0 Å². The minimum Gasteiger partial charge on any atom is -0.350 e. The molecule has 0 aliphatic heterocycles. The number of fused-ring (bicyclic) bond motifs is 1. The fourth-order valence-electron chi connectivity index (χ4n) is 3.36. The largest absolute Gasteiger partial charge is 0.350 e. The van der Waals surface area contributed by atoms with E-state index in [1.165, 1.54) is 6.07 Å². The highest BCUT2D eigenvalue weighted by Gasteiger charge is 2.16. The van der Waals surface area contributed by atoms with Gasteiger partial charge in [-0.05, 0) is 35.9 Å². The van der Waals surface area contributed by atoms with Gasteiger partial charge in [0.2, 0.25) is 5.91 Å². The molecule has 0 atom stereocenters. The van der Waals surface area contributed by atoms with Crippen molar-refractivity contribution in [3.05, 3.63) is 93.7 Å². The molecule has 1 amide bonds. The number of hydrogen-bond donors (Lipinski definition) is 1. The summed E-state index contributed by atoms with van der Waals surface area (Å²) in [5.74, 6) is 0.214. The molecule has 2 aromatic heterocycles. The molecule has 2 heterocycles. The van der Waals surface area contributed by atoms with Crippen LogP contribution in [-0.4, -0.2) is 20.4 Å². The molecule has 31 heavy (non-hydrogen) atoms. The molecule has 0 spiro atoms. The first-order valence-corrected chi connectivity index (χ1v) is 10.5. The van der Waals surface area contributed by atoms with E-state index in [0.29, 0.717) is 40.0 Å². The van der Waals surface area contributed by atoms with Crippen molar-refractivity contribution in [2.45, 2.75) is 25.9 Å². The second-order valence-electron chi connectivity index (χ2n) is 7.05. The summed E-state index contributed by atoms with van der Waals surface area (Å²) in [6, 6.07) is 15.5. The summed E-state index contributed by atoms with van der Waals surface area (Å²) in [7, 11) is 0. The Morgan fingerprint density at radius 3 is 2.61 bits per heavy atom. The first kappa shape index (κ1) is 21.3. The number of nitrogens with zero attached hydrogens (tertiary/aromatic N) is 3. The van der Waals surface area contributed by atoms with Crippen LogP contribution in [0.3, 0.4) is 0 Å². The number of carbonyl (C=O) groups excluding carboxylic acids is 1. The lowest BCUT2D eigenvalue weighted by Crippen LogP contribution is -2.24. The standard InChI is InChI=1S/C23H19Cl2FN4O/c24-17-12-20-21(13-18(17)25)30(22(29-20)11-15-5-1-2-7-19(15)26)10-8-23(31)28-14-16-6-3-4-9-27-16/h1-7,9,12-13H,8,10-11,14H2,(H,28,31). The van der Waals surface area contributed by atoms with Crippen molar-refractivity contribution >= 4 is 40.1 Å². The lowest BCUT2D eigenvalue weighted by atomic mass is 10.1. The van der Waals surface area contributed by atoms with Crippen molar-refractivity contribution in [2.24, 2.45) is 0 Å². The van der Waals surface area contributed by atoms with Crippen LogP contribution in [0.25, 0.3) is 11.0 Å². The number of imidazole rings is 1. The van der Waals surface area contributed by atoms with Crippen molar-refractivity contribution in [1.82, 2.24) is 19.9 Å². The van der Waals surface area contributed by atoms with Crippen LogP contribution in [-0.2, 0) is 24.3 Å². The van der Waals surface area contributed by atoms with E-state index in [-0.39, 0.29) is 24.6 Å². The highest BCUT2D eigenvalue weighted by molar-refractivity contribution is 6.42. The van der Waals surface area contributed by atoms with Crippen molar-refractivity contribution in [1.29, 1.82) is 0 Å². The van der Waals surface area contributed by atoms with E-state index in [1.807, 2.05) is 22.8 Å². The molecular weight excluding hydrogens is 438 g/mol. The summed E-state index contributed by atoms with van der Waals surface area (Å²) in [5, 5.41) is 3.65. The van der Waals surface area contributed by atoms with E-state index in [0.717, 1.165) is 11.2 Å². The lowest BCUT2D eigenvalue weighted by Gasteiger charge is -2.11. The van der Waals surface area contributed by atoms with E-state index < -0.39 is 0 Å². The normalized spacial score (nSPS) is 11.1. The number of aryl methyl sites for hydroxylation is 1. The van der Waals surface area contributed by atoms with E-state index in [9.17, 15) is 9.18 Å². The van der Waals surface area contributed by atoms with Crippen molar-refractivity contribution in [3.8, 4) is 0 Å². The van der Waals surface area contributed by atoms with Gasteiger partial charge in [-0.1, -0.05) is 47.5 Å². The topological polar surface area (TPSA) is 59.8 Å². The van der Waals surface area contributed by atoms with Gasteiger partial charge in [-0.2, -0.15) is 0 Å². The smallest absolute Gasteiger partial charge is 0.222 e. The Hall–Kier alpha value is -2.96. The molecule has 0 radical (unpaired) electrons. The van der Waals surface area contributed by atoms with Crippen molar-refractivity contribution < 1.29 is 9.18 Å². The fraction of sp³-hybridized carbons (Fsp3) is 0.174. The molecule has 5 nitrogen and oxygen atoms in total. The fourth-order valence-corrected chi connectivity index (χ4v) is 3.68. The summed E-state index contributed by atoms with van der Waals surface area (Å²) >= 11 is 12.4.